The van der Waals surface area contributed by atoms with E-state index in [-0.39, 0.29) is 0 Å². The molecule has 1 aliphatic carbocycles. The Labute approximate surface area is 91.7 Å². The summed E-state index contributed by atoms with van der Waals surface area (Å²) in [7, 11) is 0. The van der Waals surface area contributed by atoms with Gasteiger partial charge in [0.2, 0.25) is 0 Å². The first-order valence-electron chi connectivity index (χ1n) is 6.05. The van der Waals surface area contributed by atoms with E-state index in [2.05, 4.69) is 16.5 Å². The molecule has 0 unspecified atom stereocenters. The Morgan fingerprint density at radius 1 is 1.33 bits per heavy atom. The van der Waals surface area contributed by atoms with Crippen molar-refractivity contribution in [3.63, 3.8) is 0 Å². The molecular formula is C12H21N3. The third-order valence-electron chi connectivity index (χ3n) is 3.50. The van der Waals surface area contributed by atoms with Crippen LogP contribution in [0.15, 0.2) is 6.20 Å². The van der Waals surface area contributed by atoms with Crippen molar-refractivity contribution < 1.29 is 0 Å². The normalized spacial score (nSPS) is 19.0. The highest BCUT2D eigenvalue weighted by Gasteiger charge is 2.14. The molecule has 84 valence electrons. The molecule has 2 N–H and O–H groups in total. The Hall–Kier alpha value is -0.990. The quantitative estimate of drug-likeness (QED) is 0.758. The number of aryl methyl sites for hydroxylation is 1. The Kier molecular flexibility index (Phi) is 3.29. The van der Waals surface area contributed by atoms with Gasteiger partial charge >= 0.3 is 0 Å². The summed E-state index contributed by atoms with van der Waals surface area (Å²) in [5.74, 6) is 1.49. The maximum Gasteiger partial charge on any atom is 0.200 e. The topological polar surface area (TPSA) is 43.8 Å². The van der Waals surface area contributed by atoms with Gasteiger partial charge in [-0.25, -0.2) is 4.98 Å². The second kappa shape index (κ2) is 4.69. The number of aromatic nitrogens is 2. The van der Waals surface area contributed by atoms with Crippen molar-refractivity contribution >= 4 is 5.95 Å². The zero-order chi connectivity index (χ0) is 10.7. The molecular weight excluding hydrogens is 186 g/mol. The first kappa shape index (κ1) is 10.5. The molecule has 1 heterocycles. The van der Waals surface area contributed by atoms with Crippen molar-refractivity contribution in [2.75, 3.05) is 5.73 Å². The molecule has 1 aromatic heterocycles. The number of nitrogens with zero attached hydrogens (tertiary/aromatic N) is 2. The molecule has 0 aliphatic heterocycles. The summed E-state index contributed by atoms with van der Waals surface area (Å²) in [6.45, 7) is 3.15. The standard InChI is InChI=1S/C12H21N3/c1-10-8-14-12(13)15(10)9-11-6-4-2-3-5-7-11/h8,11H,2-7,9H2,1H3,(H2,13,14). The molecule has 0 saturated heterocycles. The lowest BCUT2D eigenvalue weighted by Crippen LogP contribution is -2.13. The van der Waals surface area contributed by atoms with Gasteiger partial charge < -0.3 is 10.3 Å². The Morgan fingerprint density at radius 2 is 2.00 bits per heavy atom. The minimum Gasteiger partial charge on any atom is -0.369 e. The van der Waals surface area contributed by atoms with E-state index < -0.39 is 0 Å². The monoisotopic (exact) mass is 207 g/mol. The summed E-state index contributed by atoms with van der Waals surface area (Å²) < 4.78 is 2.16. The van der Waals surface area contributed by atoms with Crippen LogP contribution < -0.4 is 5.73 Å². The van der Waals surface area contributed by atoms with Crippen LogP contribution in [-0.2, 0) is 6.54 Å². The highest BCUT2D eigenvalue weighted by atomic mass is 15.1. The third kappa shape index (κ3) is 2.52. The summed E-state index contributed by atoms with van der Waals surface area (Å²) in [4.78, 5) is 4.15. The van der Waals surface area contributed by atoms with E-state index in [0.29, 0.717) is 5.95 Å². The van der Waals surface area contributed by atoms with Crippen LogP contribution in [0.4, 0.5) is 5.95 Å². The average molecular weight is 207 g/mol. The molecule has 0 amide bonds. The Bertz CT molecular complexity index is 289. The van der Waals surface area contributed by atoms with E-state index in [1.54, 1.807) is 0 Å². The molecule has 1 saturated carbocycles. The Balaban J connectivity index is 2.00. The summed E-state index contributed by atoms with van der Waals surface area (Å²) in [6.07, 6.45) is 10.2. The first-order valence-corrected chi connectivity index (χ1v) is 6.05. The van der Waals surface area contributed by atoms with Gasteiger partial charge in [0, 0.05) is 12.2 Å². The number of rotatable bonds is 2. The summed E-state index contributed by atoms with van der Waals surface area (Å²) >= 11 is 0. The van der Waals surface area contributed by atoms with Gasteiger partial charge in [0.25, 0.3) is 0 Å². The lowest BCUT2D eigenvalue weighted by Gasteiger charge is -2.16. The van der Waals surface area contributed by atoms with E-state index in [9.17, 15) is 0 Å². The molecule has 15 heavy (non-hydrogen) atoms. The van der Waals surface area contributed by atoms with Gasteiger partial charge in [-0.05, 0) is 25.7 Å². The molecule has 0 bridgehead atoms. The largest absolute Gasteiger partial charge is 0.369 e. The molecule has 3 heteroatoms. The Morgan fingerprint density at radius 3 is 2.53 bits per heavy atom. The highest BCUT2D eigenvalue weighted by molar-refractivity contribution is 5.21. The van der Waals surface area contributed by atoms with Crippen LogP contribution in [0.2, 0.25) is 0 Å². The summed E-state index contributed by atoms with van der Waals surface area (Å²) in [5, 5.41) is 0. The lowest BCUT2D eigenvalue weighted by molar-refractivity contribution is 0.395. The number of hydrogen-bond donors (Lipinski definition) is 1. The first-order chi connectivity index (χ1) is 7.27. The van der Waals surface area contributed by atoms with Gasteiger partial charge in [-0.15, -0.1) is 0 Å². The van der Waals surface area contributed by atoms with E-state index in [4.69, 9.17) is 5.73 Å². The molecule has 0 aromatic carbocycles. The minimum atomic E-state index is 0.678. The van der Waals surface area contributed by atoms with Crippen LogP contribution in [0, 0.1) is 12.8 Å². The van der Waals surface area contributed by atoms with Crippen molar-refractivity contribution in [3.8, 4) is 0 Å². The van der Waals surface area contributed by atoms with Crippen LogP contribution in [0.3, 0.4) is 0 Å². The number of imidazole rings is 1. The number of nitrogens with two attached hydrogens (primary N) is 1. The van der Waals surface area contributed by atoms with Gasteiger partial charge in [0.15, 0.2) is 5.95 Å². The zero-order valence-corrected chi connectivity index (χ0v) is 9.58. The second-order valence-electron chi connectivity index (χ2n) is 4.73. The van der Waals surface area contributed by atoms with Crippen molar-refractivity contribution in [1.29, 1.82) is 0 Å². The maximum atomic E-state index is 5.85. The fraction of sp³-hybridized carbons (Fsp3) is 0.750. The predicted molar refractivity (Wildman–Crippen MR) is 62.6 cm³/mol. The summed E-state index contributed by atoms with van der Waals surface area (Å²) in [5.41, 5.74) is 7.04. The molecule has 2 rings (SSSR count). The maximum absolute atomic E-state index is 5.85. The van der Waals surface area contributed by atoms with Crippen LogP contribution in [-0.4, -0.2) is 9.55 Å². The van der Waals surface area contributed by atoms with E-state index in [0.717, 1.165) is 12.5 Å². The van der Waals surface area contributed by atoms with Crippen LogP contribution in [0.25, 0.3) is 0 Å². The van der Waals surface area contributed by atoms with E-state index in [1.165, 1.54) is 44.2 Å². The number of nitrogen functional groups attached to an aromatic ring is 1. The molecule has 1 aromatic rings. The third-order valence-corrected chi connectivity index (χ3v) is 3.50. The van der Waals surface area contributed by atoms with Crippen LogP contribution >= 0.6 is 0 Å². The van der Waals surface area contributed by atoms with Gasteiger partial charge in [0.05, 0.1) is 6.20 Å². The van der Waals surface area contributed by atoms with Crippen LogP contribution in [0.1, 0.15) is 44.2 Å². The number of hydrogen-bond acceptors (Lipinski definition) is 2. The molecule has 1 aliphatic rings. The fourth-order valence-corrected chi connectivity index (χ4v) is 2.52. The molecule has 0 radical (unpaired) electrons. The van der Waals surface area contributed by atoms with Gasteiger partial charge in [-0.1, -0.05) is 25.7 Å². The summed E-state index contributed by atoms with van der Waals surface area (Å²) in [6, 6.07) is 0. The fourth-order valence-electron chi connectivity index (χ4n) is 2.52. The molecule has 3 nitrogen and oxygen atoms in total. The van der Waals surface area contributed by atoms with E-state index in [1.807, 2.05) is 6.20 Å². The van der Waals surface area contributed by atoms with Crippen LogP contribution in [0.5, 0.6) is 0 Å². The zero-order valence-electron chi connectivity index (χ0n) is 9.58. The van der Waals surface area contributed by atoms with E-state index >= 15 is 0 Å². The average Bonchev–Trinajstić information content (AvgIpc) is 2.49. The van der Waals surface area contributed by atoms with Gasteiger partial charge in [0.1, 0.15) is 0 Å². The van der Waals surface area contributed by atoms with Crippen molar-refractivity contribution in [1.82, 2.24) is 9.55 Å². The minimum absolute atomic E-state index is 0.678. The second-order valence-corrected chi connectivity index (χ2v) is 4.73. The highest BCUT2D eigenvalue weighted by Crippen LogP contribution is 2.25. The van der Waals surface area contributed by atoms with Crippen molar-refractivity contribution in [2.24, 2.45) is 5.92 Å². The molecule has 0 atom stereocenters. The van der Waals surface area contributed by atoms with Crippen molar-refractivity contribution in [3.05, 3.63) is 11.9 Å². The smallest absolute Gasteiger partial charge is 0.200 e. The van der Waals surface area contributed by atoms with Gasteiger partial charge in [-0.2, -0.15) is 0 Å². The molecule has 1 fully saturated rings. The number of anilines is 1. The lowest BCUT2D eigenvalue weighted by atomic mass is 10.0. The van der Waals surface area contributed by atoms with Crippen molar-refractivity contribution in [2.45, 2.75) is 52.0 Å². The van der Waals surface area contributed by atoms with Gasteiger partial charge in [-0.3, -0.25) is 0 Å². The predicted octanol–water partition coefficient (Wildman–Crippen LogP) is 2.74. The SMILES string of the molecule is Cc1cnc(N)n1CC1CCCCCC1. The molecule has 0 spiro atoms.